The average molecular weight is 297 g/mol. The fraction of sp³-hybridized carbons (Fsp3) is 0.235. The van der Waals surface area contributed by atoms with Crippen molar-refractivity contribution in [2.45, 2.75) is 26.3 Å². The van der Waals surface area contributed by atoms with E-state index in [1.54, 1.807) is 48.8 Å². The molecule has 2 aromatic rings. The number of benzene rings is 1. The maximum Gasteiger partial charge on any atom is 0.255 e. The number of aromatic nitrogens is 1. The van der Waals surface area contributed by atoms with E-state index in [1.807, 2.05) is 13.8 Å². The molecule has 0 saturated heterocycles. The number of nitrogens with one attached hydrogen (secondary N) is 2. The lowest BCUT2D eigenvalue weighted by molar-refractivity contribution is 0.0940. The fourth-order valence-electron chi connectivity index (χ4n) is 1.89. The topological polar surface area (TPSA) is 71.1 Å². The standard InChI is InChI=1S/C17H19N3O2/c1-3-12(2)19-17(22)14-6-4-5-7-15(14)20-16(21)13-8-10-18-11-9-13/h4-12H,3H2,1-2H3,(H,19,22)(H,20,21)/t12-/m1/s1. The molecule has 0 aliphatic rings. The Bertz CT molecular complexity index is 656. The van der Waals surface area contributed by atoms with Gasteiger partial charge in [0, 0.05) is 24.0 Å². The van der Waals surface area contributed by atoms with Gasteiger partial charge in [-0.05, 0) is 37.6 Å². The lowest BCUT2D eigenvalue weighted by Gasteiger charge is -2.14. The molecule has 114 valence electrons. The molecule has 1 aromatic carbocycles. The SMILES string of the molecule is CC[C@@H](C)NC(=O)c1ccccc1NC(=O)c1ccncc1. The second kappa shape index (κ2) is 7.36. The van der Waals surface area contributed by atoms with Crippen molar-refractivity contribution in [2.75, 3.05) is 5.32 Å². The summed E-state index contributed by atoms with van der Waals surface area (Å²) in [6.07, 6.45) is 3.95. The van der Waals surface area contributed by atoms with Gasteiger partial charge >= 0.3 is 0 Å². The van der Waals surface area contributed by atoms with Crippen LogP contribution in [0.4, 0.5) is 5.69 Å². The van der Waals surface area contributed by atoms with E-state index in [1.165, 1.54) is 0 Å². The highest BCUT2D eigenvalue weighted by Gasteiger charge is 2.15. The summed E-state index contributed by atoms with van der Waals surface area (Å²) in [6, 6.07) is 10.3. The Morgan fingerprint density at radius 1 is 1.09 bits per heavy atom. The van der Waals surface area contributed by atoms with Crippen molar-refractivity contribution in [1.82, 2.24) is 10.3 Å². The monoisotopic (exact) mass is 297 g/mol. The molecule has 5 heteroatoms. The number of anilines is 1. The summed E-state index contributed by atoms with van der Waals surface area (Å²) in [5.41, 5.74) is 1.43. The van der Waals surface area contributed by atoms with Crippen LogP contribution < -0.4 is 10.6 Å². The Balaban J connectivity index is 2.18. The van der Waals surface area contributed by atoms with Crippen molar-refractivity contribution in [3.05, 3.63) is 59.9 Å². The van der Waals surface area contributed by atoms with Crippen molar-refractivity contribution < 1.29 is 9.59 Å². The molecule has 1 aromatic heterocycles. The van der Waals surface area contributed by atoms with Crippen LogP contribution >= 0.6 is 0 Å². The zero-order valence-electron chi connectivity index (χ0n) is 12.7. The highest BCUT2D eigenvalue weighted by atomic mass is 16.2. The van der Waals surface area contributed by atoms with Crippen LogP contribution in [0.3, 0.4) is 0 Å². The number of para-hydroxylation sites is 1. The number of carbonyl (C=O) groups is 2. The smallest absolute Gasteiger partial charge is 0.255 e. The maximum absolute atomic E-state index is 12.3. The van der Waals surface area contributed by atoms with Crippen molar-refractivity contribution in [3.8, 4) is 0 Å². The first kappa shape index (κ1) is 15.7. The number of nitrogens with zero attached hydrogens (tertiary/aromatic N) is 1. The summed E-state index contributed by atoms with van der Waals surface area (Å²) in [5.74, 6) is -0.467. The summed E-state index contributed by atoms with van der Waals surface area (Å²) in [5, 5.41) is 5.67. The lowest BCUT2D eigenvalue weighted by Crippen LogP contribution is -2.32. The summed E-state index contributed by atoms with van der Waals surface area (Å²) < 4.78 is 0. The van der Waals surface area contributed by atoms with E-state index in [2.05, 4.69) is 15.6 Å². The van der Waals surface area contributed by atoms with Crippen molar-refractivity contribution in [2.24, 2.45) is 0 Å². The van der Waals surface area contributed by atoms with E-state index in [0.717, 1.165) is 6.42 Å². The van der Waals surface area contributed by atoms with Gasteiger partial charge in [0.15, 0.2) is 0 Å². The molecule has 0 radical (unpaired) electrons. The number of carbonyl (C=O) groups excluding carboxylic acids is 2. The van der Waals surface area contributed by atoms with E-state index in [0.29, 0.717) is 16.8 Å². The van der Waals surface area contributed by atoms with Gasteiger partial charge < -0.3 is 10.6 Å². The molecule has 22 heavy (non-hydrogen) atoms. The van der Waals surface area contributed by atoms with Crippen LogP contribution in [0.5, 0.6) is 0 Å². The minimum Gasteiger partial charge on any atom is -0.350 e. The summed E-state index contributed by atoms with van der Waals surface area (Å²) in [7, 11) is 0. The Kier molecular flexibility index (Phi) is 5.25. The third kappa shape index (κ3) is 3.91. The number of rotatable bonds is 5. The predicted molar refractivity (Wildman–Crippen MR) is 85.9 cm³/mol. The molecule has 2 amide bonds. The van der Waals surface area contributed by atoms with Gasteiger partial charge in [-0.2, -0.15) is 0 Å². The third-order valence-electron chi connectivity index (χ3n) is 3.35. The minimum absolute atomic E-state index is 0.0801. The summed E-state index contributed by atoms with van der Waals surface area (Å²) >= 11 is 0. The van der Waals surface area contributed by atoms with Gasteiger partial charge in [0.1, 0.15) is 0 Å². The van der Waals surface area contributed by atoms with Crippen molar-refractivity contribution in [1.29, 1.82) is 0 Å². The van der Waals surface area contributed by atoms with Crippen LogP contribution in [0.25, 0.3) is 0 Å². The molecular formula is C17H19N3O2. The zero-order chi connectivity index (χ0) is 15.9. The van der Waals surface area contributed by atoms with Crippen LogP contribution in [0, 0.1) is 0 Å². The number of amides is 2. The van der Waals surface area contributed by atoms with E-state index in [9.17, 15) is 9.59 Å². The molecule has 0 fully saturated rings. The van der Waals surface area contributed by atoms with E-state index in [-0.39, 0.29) is 17.9 Å². The number of hydrogen-bond acceptors (Lipinski definition) is 3. The van der Waals surface area contributed by atoms with E-state index >= 15 is 0 Å². The molecule has 0 bridgehead atoms. The first-order valence-electron chi connectivity index (χ1n) is 7.23. The highest BCUT2D eigenvalue weighted by molar-refractivity contribution is 6.08. The second-order valence-corrected chi connectivity index (χ2v) is 5.02. The zero-order valence-corrected chi connectivity index (χ0v) is 12.7. The number of pyridine rings is 1. The van der Waals surface area contributed by atoms with Crippen LogP contribution in [-0.2, 0) is 0 Å². The molecule has 0 spiro atoms. The van der Waals surface area contributed by atoms with Gasteiger partial charge in [0.05, 0.1) is 11.3 Å². The Morgan fingerprint density at radius 3 is 2.45 bits per heavy atom. The van der Waals surface area contributed by atoms with Crippen LogP contribution in [-0.4, -0.2) is 22.8 Å². The molecule has 1 atom stereocenters. The Morgan fingerprint density at radius 2 is 1.77 bits per heavy atom. The molecule has 0 aliphatic carbocycles. The van der Waals surface area contributed by atoms with Crippen LogP contribution in [0.15, 0.2) is 48.8 Å². The summed E-state index contributed by atoms with van der Waals surface area (Å²) in [6.45, 7) is 3.94. The molecule has 5 nitrogen and oxygen atoms in total. The fourth-order valence-corrected chi connectivity index (χ4v) is 1.89. The molecule has 0 saturated carbocycles. The first-order valence-corrected chi connectivity index (χ1v) is 7.23. The van der Waals surface area contributed by atoms with Gasteiger partial charge in [-0.25, -0.2) is 0 Å². The largest absolute Gasteiger partial charge is 0.350 e. The van der Waals surface area contributed by atoms with Crippen LogP contribution in [0.1, 0.15) is 41.0 Å². The predicted octanol–water partition coefficient (Wildman–Crippen LogP) is 2.86. The molecule has 2 N–H and O–H groups in total. The second-order valence-electron chi connectivity index (χ2n) is 5.02. The van der Waals surface area contributed by atoms with E-state index in [4.69, 9.17) is 0 Å². The first-order chi connectivity index (χ1) is 10.6. The van der Waals surface area contributed by atoms with Crippen LogP contribution in [0.2, 0.25) is 0 Å². The van der Waals surface area contributed by atoms with Gasteiger partial charge in [0.2, 0.25) is 0 Å². The van der Waals surface area contributed by atoms with Crippen molar-refractivity contribution >= 4 is 17.5 Å². The van der Waals surface area contributed by atoms with E-state index < -0.39 is 0 Å². The minimum atomic E-state index is -0.272. The van der Waals surface area contributed by atoms with Gasteiger partial charge in [-0.3, -0.25) is 14.6 Å². The quantitative estimate of drug-likeness (QED) is 0.891. The Hall–Kier alpha value is -2.69. The number of hydrogen-bond donors (Lipinski definition) is 2. The average Bonchev–Trinajstić information content (AvgIpc) is 2.55. The lowest BCUT2D eigenvalue weighted by atomic mass is 10.1. The van der Waals surface area contributed by atoms with Gasteiger partial charge in [0.25, 0.3) is 11.8 Å². The highest BCUT2D eigenvalue weighted by Crippen LogP contribution is 2.16. The van der Waals surface area contributed by atoms with Crippen molar-refractivity contribution in [3.63, 3.8) is 0 Å². The Labute approximate surface area is 129 Å². The molecule has 2 rings (SSSR count). The van der Waals surface area contributed by atoms with Gasteiger partial charge in [-0.15, -0.1) is 0 Å². The normalized spacial score (nSPS) is 11.5. The third-order valence-corrected chi connectivity index (χ3v) is 3.35. The molecule has 1 heterocycles. The van der Waals surface area contributed by atoms with Gasteiger partial charge in [-0.1, -0.05) is 19.1 Å². The maximum atomic E-state index is 12.3. The molecular weight excluding hydrogens is 278 g/mol. The summed E-state index contributed by atoms with van der Waals surface area (Å²) in [4.78, 5) is 28.4. The molecule has 0 aliphatic heterocycles. The molecule has 0 unspecified atom stereocenters.